The number of aryl methyl sites for hydroxylation is 3. The first kappa shape index (κ1) is 11.5. The SMILES string of the molecule is CCn1c(C(=O)O)c(C)c2cc(C)cc(O)c21. The first-order valence-electron chi connectivity index (χ1n) is 5.53. The second-order valence-electron chi connectivity index (χ2n) is 4.20. The smallest absolute Gasteiger partial charge is 0.352 e. The molecule has 1 aromatic carbocycles. The van der Waals surface area contributed by atoms with E-state index in [9.17, 15) is 15.0 Å². The summed E-state index contributed by atoms with van der Waals surface area (Å²) in [6, 6.07) is 3.56. The number of phenolic OH excluding ortho intramolecular Hbond substituents is 1. The Labute approximate surface area is 99.1 Å². The summed E-state index contributed by atoms with van der Waals surface area (Å²) in [4.78, 5) is 11.3. The zero-order valence-corrected chi connectivity index (χ0v) is 10.1. The molecular weight excluding hydrogens is 218 g/mol. The molecule has 0 amide bonds. The van der Waals surface area contributed by atoms with Crippen LogP contribution >= 0.6 is 0 Å². The molecule has 2 aromatic rings. The minimum Gasteiger partial charge on any atom is -0.506 e. The number of hydrogen-bond donors (Lipinski definition) is 2. The van der Waals surface area contributed by atoms with Crippen molar-refractivity contribution in [3.8, 4) is 5.75 Å². The van der Waals surface area contributed by atoms with Crippen molar-refractivity contribution in [3.63, 3.8) is 0 Å². The summed E-state index contributed by atoms with van der Waals surface area (Å²) in [5, 5.41) is 20.0. The average molecular weight is 233 g/mol. The number of carbonyl (C=O) groups is 1. The van der Waals surface area contributed by atoms with Crippen molar-refractivity contribution < 1.29 is 15.0 Å². The Bertz CT molecular complexity index is 611. The van der Waals surface area contributed by atoms with Gasteiger partial charge in [-0.2, -0.15) is 0 Å². The predicted octanol–water partition coefficient (Wildman–Crippen LogP) is 2.68. The fourth-order valence-corrected chi connectivity index (χ4v) is 2.36. The number of hydrogen-bond acceptors (Lipinski definition) is 2. The minimum atomic E-state index is -0.961. The molecule has 90 valence electrons. The Balaban J connectivity index is 2.99. The summed E-state index contributed by atoms with van der Waals surface area (Å²) in [6.07, 6.45) is 0. The maximum atomic E-state index is 11.3. The number of carboxylic acids is 1. The molecule has 1 aromatic heterocycles. The standard InChI is InChI=1S/C13H15NO3/c1-4-14-11(13(16)17)8(3)9-5-7(2)6-10(15)12(9)14/h5-6,15H,4H2,1-3H3,(H,16,17). The van der Waals surface area contributed by atoms with Crippen LogP contribution in [-0.2, 0) is 6.54 Å². The molecule has 0 bridgehead atoms. The van der Waals surface area contributed by atoms with E-state index in [0.29, 0.717) is 17.6 Å². The second kappa shape index (κ2) is 3.80. The Morgan fingerprint density at radius 3 is 2.53 bits per heavy atom. The highest BCUT2D eigenvalue weighted by atomic mass is 16.4. The molecule has 0 aliphatic rings. The minimum absolute atomic E-state index is 0.137. The van der Waals surface area contributed by atoms with E-state index in [0.717, 1.165) is 10.9 Å². The number of carboxylic acid groups (broad SMARTS) is 1. The van der Waals surface area contributed by atoms with E-state index >= 15 is 0 Å². The van der Waals surface area contributed by atoms with Crippen LogP contribution in [0.1, 0.15) is 28.5 Å². The molecule has 4 nitrogen and oxygen atoms in total. The van der Waals surface area contributed by atoms with Gasteiger partial charge in [-0.25, -0.2) is 4.79 Å². The lowest BCUT2D eigenvalue weighted by atomic mass is 10.1. The Morgan fingerprint density at radius 1 is 1.35 bits per heavy atom. The summed E-state index contributed by atoms with van der Waals surface area (Å²) < 4.78 is 1.64. The maximum absolute atomic E-state index is 11.3. The van der Waals surface area contributed by atoms with Crippen LogP contribution in [0.25, 0.3) is 10.9 Å². The number of rotatable bonds is 2. The Hall–Kier alpha value is -1.97. The fourth-order valence-electron chi connectivity index (χ4n) is 2.36. The quantitative estimate of drug-likeness (QED) is 0.838. The zero-order chi connectivity index (χ0) is 12.7. The highest BCUT2D eigenvalue weighted by Gasteiger charge is 2.20. The van der Waals surface area contributed by atoms with Gasteiger partial charge < -0.3 is 14.8 Å². The van der Waals surface area contributed by atoms with Gasteiger partial charge in [-0.1, -0.05) is 0 Å². The molecule has 0 aliphatic heterocycles. The number of aromatic nitrogens is 1. The molecule has 0 aliphatic carbocycles. The van der Waals surface area contributed by atoms with Crippen LogP contribution in [0.15, 0.2) is 12.1 Å². The van der Waals surface area contributed by atoms with E-state index < -0.39 is 5.97 Å². The average Bonchev–Trinajstić information content (AvgIpc) is 2.52. The molecule has 2 rings (SSSR count). The van der Waals surface area contributed by atoms with Crippen molar-refractivity contribution in [2.75, 3.05) is 0 Å². The third kappa shape index (κ3) is 1.56. The van der Waals surface area contributed by atoms with Crippen molar-refractivity contribution in [1.82, 2.24) is 4.57 Å². The molecule has 0 saturated heterocycles. The number of benzene rings is 1. The lowest BCUT2D eigenvalue weighted by molar-refractivity contribution is 0.0685. The summed E-state index contributed by atoms with van der Waals surface area (Å²) in [6.45, 7) is 6.03. The molecule has 0 saturated carbocycles. The number of fused-ring (bicyclic) bond motifs is 1. The maximum Gasteiger partial charge on any atom is 0.352 e. The van der Waals surface area contributed by atoms with Gasteiger partial charge >= 0.3 is 5.97 Å². The van der Waals surface area contributed by atoms with Crippen molar-refractivity contribution in [1.29, 1.82) is 0 Å². The zero-order valence-electron chi connectivity index (χ0n) is 10.1. The van der Waals surface area contributed by atoms with E-state index in [1.165, 1.54) is 0 Å². The predicted molar refractivity (Wildman–Crippen MR) is 65.7 cm³/mol. The van der Waals surface area contributed by atoms with E-state index in [-0.39, 0.29) is 11.4 Å². The summed E-state index contributed by atoms with van der Waals surface area (Å²) in [5.74, 6) is -0.824. The van der Waals surface area contributed by atoms with E-state index in [1.807, 2.05) is 19.9 Å². The normalized spacial score (nSPS) is 11.0. The van der Waals surface area contributed by atoms with Crippen molar-refractivity contribution in [3.05, 3.63) is 29.0 Å². The highest BCUT2D eigenvalue weighted by Crippen LogP contribution is 2.33. The van der Waals surface area contributed by atoms with Crippen LogP contribution < -0.4 is 0 Å². The molecular formula is C13H15NO3. The molecule has 0 spiro atoms. The van der Waals surface area contributed by atoms with E-state index in [2.05, 4.69) is 0 Å². The topological polar surface area (TPSA) is 62.5 Å². The van der Waals surface area contributed by atoms with Gasteiger partial charge in [-0.05, 0) is 44.0 Å². The van der Waals surface area contributed by atoms with Gasteiger partial charge in [0, 0.05) is 11.9 Å². The third-order valence-corrected chi connectivity index (χ3v) is 3.05. The molecule has 0 fully saturated rings. The Morgan fingerprint density at radius 2 is 2.00 bits per heavy atom. The number of nitrogens with zero attached hydrogens (tertiary/aromatic N) is 1. The van der Waals surface area contributed by atoms with Crippen LogP contribution in [0.2, 0.25) is 0 Å². The lowest BCUT2D eigenvalue weighted by Gasteiger charge is -2.06. The van der Waals surface area contributed by atoms with Gasteiger partial charge in [0.25, 0.3) is 0 Å². The van der Waals surface area contributed by atoms with Gasteiger partial charge in [-0.3, -0.25) is 0 Å². The molecule has 2 N–H and O–H groups in total. The van der Waals surface area contributed by atoms with Gasteiger partial charge in [0.1, 0.15) is 11.4 Å². The molecule has 0 radical (unpaired) electrons. The van der Waals surface area contributed by atoms with Gasteiger partial charge in [0.2, 0.25) is 0 Å². The molecule has 4 heteroatoms. The van der Waals surface area contributed by atoms with Crippen molar-refractivity contribution >= 4 is 16.9 Å². The molecule has 0 atom stereocenters. The first-order valence-corrected chi connectivity index (χ1v) is 5.53. The van der Waals surface area contributed by atoms with Crippen LogP contribution in [0.5, 0.6) is 5.75 Å². The number of aromatic carboxylic acids is 1. The largest absolute Gasteiger partial charge is 0.506 e. The van der Waals surface area contributed by atoms with E-state index in [4.69, 9.17) is 0 Å². The van der Waals surface area contributed by atoms with Crippen LogP contribution in [0, 0.1) is 13.8 Å². The number of phenols is 1. The fraction of sp³-hybridized carbons (Fsp3) is 0.308. The summed E-state index contributed by atoms with van der Waals surface area (Å²) in [5.41, 5.74) is 2.48. The third-order valence-electron chi connectivity index (χ3n) is 3.05. The lowest BCUT2D eigenvalue weighted by Crippen LogP contribution is -2.08. The number of aromatic hydroxyl groups is 1. The molecule has 0 unspecified atom stereocenters. The van der Waals surface area contributed by atoms with Gasteiger partial charge in [-0.15, -0.1) is 0 Å². The summed E-state index contributed by atoms with van der Waals surface area (Å²) >= 11 is 0. The molecule has 17 heavy (non-hydrogen) atoms. The monoisotopic (exact) mass is 233 g/mol. The van der Waals surface area contributed by atoms with E-state index in [1.54, 1.807) is 17.6 Å². The van der Waals surface area contributed by atoms with Crippen LogP contribution in [0.3, 0.4) is 0 Å². The van der Waals surface area contributed by atoms with Crippen molar-refractivity contribution in [2.45, 2.75) is 27.3 Å². The highest BCUT2D eigenvalue weighted by molar-refractivity contribution is 6.00. The van der Waals surface area contributed by atoms with Gasteiger partial charge in [0.05, 0.1) is 5.52 Å². The Kier molecular flexibility index (Phi) is 2.58. The van der Waals surface area contributed by atoms with Crippen LogP contribution in [-0.4, -0.2) is 20.7 Å². The second-order valence-corrected chi connectivity index (χ2v) is 4.20. The summed E-state index contributed by atoms with van der Waals surface area (Å²) in [7, 11) is 0. The molecule has 1 heterocycles. The van der Waals surface area contributed by atoms with Gasteiger partial charge in [0.15, 0.2) is 0 Å². The first-order chi connectivity index (χ1) is 7.97. The van der Waals surface area contributed by atoms with Crippen molar-refractivity contribution in [2.24, 2.45) is 0 Å². The van der Waals surface area contributed by atoms with Crippen LogP contribution in [0.4, 0.5) is 0 Å².